The highest BCUT2D eigenvalue weighted by atomic mass is 16.7. The maximum atomic E-state index is 13.3. The number of benzene rings is 3. The second-order valence-electron chi connectivity index (χ2n) is 8.91. The lowest BCUT2D eigenvalue weighted by molar-refractivity contribution is 0.0534. The van der Waals surface area contributed by atoms with Gasteiger partial charge in [-0.3, -0.25) is 19.3 Å². The number of hydrogen-bond donors (Lipinski definition) is 0. The Bertz CT molecular complexity index is 1480. The van der Waals surface area contributed by atoms with Gasteiger partial charge >= 0.3 is 0 Å². The van der Waals surface area contributed by atoms with Gasteiger partial charge in [0.25, 0.3) is 17.4 Å². The number of fused-ring (bicyclic) bond motifs is 1. The van der Waals surface area contributed by atoms with Crippen molar-refractivity contribution in [3.05, 3.63) is 135 Å². The van der Waals surface area contributed by atoms with E-state index in [1.807, 2.05) is 60.7 Å². The van der Waals surface area contributed by atoms with Gasteiger partial charge in [-0.2, -0.15) is 0 Å². The number of aryl methyl sites for hydroxylation is 1. The molecule has 5 rings (SSSR count). The van der Waals surface area contributed by atoms with E-state index >= 15 is 0 Å². The molecular formula is C30H26N2O5. The molecule has 0 bridgehead atoms. The molecule has 0 spiro atoms. The van der Waals surface area contributed by atoms with Crippen LogP contribution in [0.4, 0.5) is 0 Å². The third kappa shape index (κ3) is 4.63. The van der Waals surface area contributed by atoms with Gasteiger partial charge in [0.1, 0.15) is 13.2 Å². The van der Waals surface area contributed by atoms with Crippen LogP contribution in [0.25, 0.3) is 0 Å². The van der Waals surface area contributed by atoms with E-state index in [0.29, 0.717) is 22.3 Å². The van der Waals surface area contributed by atoms with Gasteiger partial charge in [0.05, 0.1) is 17.2 Å². The fraction of sp³-hybridized carbons (Fsp3) is 0.167. The minimum atomic E-state index is -0.717. The zero-order chi connectivity index (χ0) is 25.9. The molecule has 1 aromatic heterocycles. The minimum Gasteiger partial charge on any atom is -0.472 e. The standard InChI is InChI=1S/C30H26N2O5/c1-20-17-26(33)32(37-19-23-13-7-4-8-14-23)30(36-18-22-11-5-3-6-12-22)27(20)21(2)31-28(34)24-15-9-10-16-25(24)29(31)35/h3-17,21H,18-19H2,1-2H3. The van der Waals surface area contributed by atoms with Crippen LogP contribution in [0.15, 0.2) is 95.8 Å². The molecule has 2 heterocycles. The summed E-state index contributed by atoms with van der Waals surface area (Å²) in [6, 6.07) is 26.5. The molecule has 0 aliphatic carbocycles. The average Bonchev–Trinajstić information content (AvgIpc) is 3.17. The van der Waals surface area contributed by atoms with Crippen LogP contribution in [-0.4, -0.2) is 21.4 Å². The van der Waals surface area contributed by atoms with Gasteiger partial charge in [0, 0.05) is 11.6 Å². The van der Waals surface area contributed by atoms with Gasteiger partial charge in [0.2, 0.25) is 5.88 Å². The van der Waals surface area contributed by atoms with Crippen molar-refractivity contribution in [1.82, 2.24) is 9.63 Å². The summed E-state index contributed by atoms with van der Waals surface area (Å²) < 4.78 is 7.34. The molecular weight excluding hydrogens is 468 g/mol. The Kier molecular flexibility index (Phi) is 6.60. The molecule has 186 valence electrons. The zero-order valence-corrected chi connectivity index (χ0v) is 20.6. The quantitative estimate of drug-likeness (QED) is 0.331. The Labute approximate surface area is 214 Å². The van der Waals surface area contributed by atoms with Crippen molar-refractivity contribution in [3.8, 4) is 5.88 Å². The Balaban J connectivity index is 1.57. The van der Waals surface area contributed by atoms with Gasteiger partial charge in [-0.1, -0.05) is 72.8 Å². The smallest absolute Gasteiger partial charge is 0.286 e. The van der Waals surface area contributed by atoms with Gasteiger partial charge in [-0.05, 0) is 42.7 Å². The minimum absolute atomic E-state index is 0.131. The molecule has 1 atom stereocenters. The Morgan fingerprint density at radius 2 is 1.24 bits per heavy atom. The van der Waals surface area contributed by atoms with Crippen molar-refractivity contribution in [2.75, 3.05) is 0 Å². The van der Waals surface area contributed by atoms with Crippen LogP contribution in [0.1, 0.15) is 55.9 Å². The molecule has 1 aliphatic rings. The normalized spacial score (nSPS) is 13.4. The van der Waals surface area contributed by atoms with Crippen molar-refractivity contribution in [2.24, 2.45) is 0 Å². The van der Waals surface area contributed by atoms with E-state index in [0.717, 1.165) is 15.9 Å². The third-order valence-electron chi connectivity index (χ3n) is 6.43. The van der Waals surface area contributed by atoms with Crippen LogP contribution >= 0.6 is 0 Å². The average molecular weight is 495 g/mol. The molecule has 1 aliphatic heterocycles. The third-order valence-corrected chi connectivity index (χ3v) is 6.43. The lowest BCUT2D eigenvalue weighted by Crippen LogP contribution is -2.36. The highest BCUT2D eigenvalue weighted by Gasteiger charge is 2.40. The van der Waals surface area contributed by atoms with Gasteiger partial charge in [0.15, 0.2) is 0 Å². The molecule has 7 heteroatoms. The largest absolute Gasteiger partial charge is 0.472 e. The van der Waals surface area contributed by atoms with Gasteiger partial charge in [-0.15, -0.1) is 4.73 Å². The van der Waals surface area contributed by atoms with Crippen molar-refractivity contribution in [3.63, 3.8) is 0 Å². The predicted molar refractivity (Wildman–Crippen MR) is 138 cm³/mol. The summed E-state index contributed by atoms with van der Waals surface area (Å²) in [7, 11) is 0. The van der Waals surface area contributed by atoms with E-state index in [4.69, 9.17) is 9.57 Å². The van der Waals surface area contributed by atoms with E-state index in [9.17, 15) is 14.4 Å². The first kappa shape index (κ1) is 24.1. The van der Waals surface area contributed by atoms with E-state index in [2.05, 4.69) is 0 Å². The van der Waals surface area contributed by atoms with Crippen LogP contribution in [0.5, 0.6) is 5.88 Å². The van der Waals surface area contributed by atoms with Crippen LogP contribution in [-0.2, 0) is 13.2 Å². The fourth-order valence-corrected chi connectivity index (χ4v) is 4.59. The molecule has 7 nitrogen and oxygen atoms in total. The second-order valence-corrected chi connectivity index (χ2v) is 8.91. The lowest BCUT2D eigenvalue weighted by atomic mass is 10.0. The summed E-state index contributed by atoms with van der Waals surface area (Å²) in [6.07, 6.45) is 0. The number of hydrogen-bond acceptors (Lipinski definition) is 5. The van der Waals surface area contributed by atoms with E-state index < -0.39 is 11.6 Å². The monoisotopic (exact) mass is 494 g/mol. The number of pyridine rings is 1. The molecule has 0 N–H and O–H groups in total. The summed E-state index contributed by atoms with van der Waals surface area (Å²) in [5.41, 5.74) is 3.20. The van der Waals surface area contributed by atoms with Crippen molar-refractivity contribution in [2.45, 2.75) is 33.1 Å². The summed E-state index contributed by atoms with van der Waals surface area (Å²) in [6.45, 7) is 3.82. The summed E-state index contributed by atoms with van der Waals surface area (Å²) >= 11 is 0. The number of ether oxygens (including phenoxy) is 1. The van der Waals surface area contributed by atoms with Crippen molar-refractivity contribution < 1.29 is 19.2 Å². The molecule has 2 amide bonds. The predicted octanol–water partition coefficient (Wildman–Crippen LogP) is 4.72. The number of imide groups is 1. The topological polar surface area (TPSA) is 77.8 Å². The number of nitrogens with zero attached hydrogens (tertiary/aromatic N) is 2. The maximum Gasteiger partial charge on any atom is 0.286 e. The number of rotatable bonds is 8. The molecule has 1 unspecified atom stereocenters. The van der Waals surface area contributed by atoms with E-state index in [1.54, 1.807) is 38.1 Å². The van der Waals surface area contributed by atoms with Crippen molar-refractivity contribution >= 4 is 11.8 Å². The van der Waals surface area contributed by atoms with Crippen LogP contribution < -0.4 is 15.1 Å². The molecule has 0 saturated heterocycles. The lowest BCUT2D eigenvalue weighted by Gasteiger charge is -2.27. The van der Waals surface area contributed by atoms with Gasteiger partial charge < -0.3 is 9.57 Å². The summed E-state index contributed by atoms with van der Waals surface area (Å²) in [4.78, 5) is 46.8. The first-order valence-electron chi connectivity index (χ1n) is 12.0. The molecule has 4 aromatic rings. The Hall–Kier alpha value is -4.65. The number of aromatic nitrogens is 1. The highest BCUT2D eigenvalue weighted by Crippen LogP contribution is 2.36. The Morgan fingerprint density at radius 3 is 1.81 bits per heavy atom. The number of amides is 2. The molecule has 0 saturated carbocycles. The first-order valence-corrected chi connectivity index (χ1v) is 12.0. The van der Waals surface area contributed by atoms with Gasteiger partial charge in [-0.25, -0.2) is 0 Å². The van der Waals surface area contributed by atoms with Crippen LogP contribution in [0.2, 0.25) is 0 Å². The zero-order valence-electron chi connectivity index (χ0n) is 20.6. The number of carbonyl (C=O) groups excluding carboxylic acids is 2. The van der Waals surface area contributed by atoms with E-state index in [-0.39, 0.29) is 30.9 Å². The molecule has 0 radical (unpaired) electrons. The Morgan fingerprint density at radius 1 is 0.730 bits per heavy atom. The van der Waals surface area contributed by atoms with Crippen LogP contribution in [0.3, 0.4) is 0 Å². The summed E-state index contributed by atoms with van der Waals surface area (Å²) in [5.74, 6) is -0.609. The molecule has 0 fully saturated rings. The molecule has 3 aromatic carbocycles. The molecule has 37 heavy (non-hydrogen) atoms. The van der Waals surface area contributed by atoms with Crippen molar-refractivity contribution in [1.29, 1.82) is 0 Å². The van der Waals surface area contributed by atoms with Crippen LogP contribution in [0, 0.1) is 6.92 Å². The first-order chi connectivity index (χ1) is 18.0. The highest BCUT2D eigenvalue weighted by molar-refractivity contribution is 6.21. The number of carbonyl (C=O) groups is 2. The summed E-state index contributed by atoms with van der Waals surface area (Å²) in [5, 5.41) is 0. The van der Waals surface area contributed by atoms with E-state index in [1.165, 1.54) is 11.0 Å². The SMILES string of the molecule is Cc1cc(=O)n(OCc2ccccc2)c(OCc2ccccc2)c1C(C)N1C(=O)c2ccccc2C1=O. The second kappa shape index (κ2) is 10.1. The maximum absolute atomic E-state index is 13.3. The fourth-order valence-electron chi connectivity index (χ4n) is 4.59.